The molecule has 0 N–H and O–H groups in total. The normalized spacial score (nSPS) is 15.1. The molecule has 0 unspecified atom stereocenters. The molecule has 4 heterocycles. The van der Waals surface area contributed by atoms with Crippen LogP contribution in [0.4, 0.5) is 13.2 Å². The van der Waals surface area contributed by atoms with Crippen molar-refractivity contribution in [1.82, 2.24) is 9.88 Å². The number of hydrogen-bond acceptors (Lipinski definition) is 8. The van der Waals surface area contributed by atoms with Crippen molar-refractivity contribution in [3.8, 4) is 28.5 Å². The molecule has 0 saturated heterocycles. The summed E-state index contributed by atoms with van der Waals surface area (Å²) in [6, 6.07) is 9.88. The van der Waals surface area contributed by atoms with Crippen molar-refractivity contribution in [1.29, 1.82) is 0 Å². The molecule has 2 aliphatic heterocycles. The molecule has 10 nitrogen and oxygen atoms in total. The number of nitrogens with zero attached hydrogens (tertiary/aromatic N) is 3. The number of aromatic nitrogens is 2. The van der Waals surface area contributed by atoms with Crippen molar-refractivity contribution >= 4 is 21.9 Å². The molecule has 3 aromatic rings. The minimum atomic E-state index is -6.09. The number of pyridine rings is 1. The first-order valence-corrected chi connectivity index (χ1v) is 12.6. The molecule has 0 spiro atoms. The summed E-state index contributed by atoms with van der Waals surface area (Å²) in [7, 11) is -6.09. The van der Waals surface area contributed by atoms with Gasteiger partial charge in [0.1, 0.15) is 5.75 Å². The summed E-state index contributed by atoms with van der Waals surface area (Å²) in [6.45, 7) is 1.63. The third-order valence-corrected chi connectivity index (χ3v) is 6.17. The van der Waals surface area contributed by atoms with Crippen LogP contribution in [0.3, 0.4) is 0 Å². The van der Waals surface area contributed by atoms with Crippen LogP contribution in [-0.2, 0) is 32.7 Å². The van der Waals surface area contributed by atoms with Crippen molar-refractivity contribution in [3.63, 3.8) is 0 Å². The summed E-state index contributed by atoms with van der Waals surface area (Å²) >= 11 is 0. The summed E-state index contributed by atoms with van der Waals surface area (Å²) in [5, 5.41) is 0. The van der Waals surface area contributed by atoms with Crippen molar-refractivity contribution in [3.05, 3.63) is 66.6 Å². The van der Waals surface area contributed by atoms with Gasteiger partial charge in [-0.05, 0) is 36.6 Å². The Hall–Kier alpha value is -4.04. The quantitative estimate of drug-likeness (QED) is 0.205. The predicted octanol–water partition coefficient (Wildman–Crippen LogP) is 2.60. The smallest absolute Gasteiger partial charge is 0.485 e. The molecule has 2 aliphatic rings. The summed E-state index contributed by atoms with van der Waals surface area (Å²) in [5.74, 6) is 1.67. The second-order valence-corrected chi connectivity index (χ2v) is 9.56. The zero-order chi connectivity index (χ0) is 27.5. The molecule has 0 radical (unpaired) electrons. The van der Waals surface area contributed by atoms with Crippen LogP contribution in [0.5, 0.6) is 5.75 Å². The van der Waals surface area contributed by atoms with E-state index in [2.05, 4.69) is 11.1 Å². The maximum absolute atomic E-state index is 11.6. The van der Waals surface area contributed by atoms with Gasteiger partial charge in [-0.1, -0.05) is 0 Å². The molecule has 38 heavy (non-hydrogen) atoms. The van der Waals surface area contributed by atoms with Gasteiger partial charge in [-0.3, -0.25) is 14.5 Å². The first kappa shape index (κ1) is 27.0. The van der Waals surface area contributed by atoms with Gasteiger partial charge in [-0.2, -0.15) is 13.2 Å². The standard InChI is InChI=1S/C23H20N3O4.CHF3O3S/c27-21-5-6-22(28)26(21)12-11-25-9-7-16(8-10-25)20-15-24-23(30-20)18-3-4-19-17(14-18)2-1-13-29-19;2-1(3,4)8(5,6)7/h3-10,14-15H,1-2,11-13H2;(H,5,6,7)/q+1;/p-1. The second kappa shape index (κ2) is 10.8. The highest BCUT2D eigenvalue weighted by atomic mass is 32.2. The average Bonchev–Trinajstić information content (AvgIpc) is 3.49. The number of benzene rings is 1. The molecule has 14 heteroatoms. The van der Waals surface area contributed by atoms with Gasteiger partial charge in [0.2, 0.25) is 5.89 Å². The fourth-order valence-electron chi connectivity index (χ4n) is 3.67. The van der Waals surface area contributed by atoms with E-state index < -0.39 is 15.6 Å². The van der Waals surface area contributed by atoms with E-state index in [1.165, 1.54) is 22.6 Å². The van der Waals surface area contributed by atoms with Crippen molar-refractivity contribution < 1.29 is 49.5 Å². The number of alkyl halides is 3. The van der Waals surface area contributed by atoms with E-state index in [0.29, 0.717) is 24.7 Å². The summed E-state index contributed by atoms with van der Waals surface area (Å²) in [5.41, 5.74) is -2.62. The highest BCUT2D eigenvalue weighted by molar-refractivity contribution is 7.86. The largest absolute Gasteiger partial charge is 0.741 e. The zero-order valence-electron chi connectivity index (χ0n) is 19.6. The Morgan fingerprint density at radius 3 is 2.34 bits per heavy atom. The molecule has 2 aromatic heterocycles. The van der Waals surface area contributed by atoms with Crippen LogP contribution in [-0.4, -0.2) is 53.3 Å². The molecule has 2 amide bonds. The number of halogens is 3. The highest BCUT2D eigenvalue weighted by Crippen LogP contribution is 2.31. The lowest BCUT2D eigenvalue weighted by Gasteiger charge is -2.17. The van der Waals surface area contributed by atoms with Gasteiger partial charge in [0.25, 0.3) is 11.8 Å². The van der Waals surface area contributed by atoms with Gasteiger partial charge in [0.15, 0.2) is 34.8 Å². The van der Waals surface area contributed by atoms with Crippen LogP contribution < -0.4 is 9.30 Å². The Morgan fingerprint density at radius 1 is 1.05 bits per heavy atom. The maximum Gasteiger partial charge on any atom is 0.485 e. The number of carbonyl (C=O) groups is 2. The number of hydrogen-bond donors (Lipinski definition) is 0. The molecular weight excluding hydrogens is 531 g/mol. The lowest BCUT2D eigenvalue weighted by Crippen LogP contribution is -2.42. The lowest BCUT2D eigenvalue weighted by atomic mass is 10.0. The van der Waals surface area contributed by atoms with Gasteiger partial charge >= 0.3 is 5.51 Å². The highest BCUT2D eigenvalue weighted by Gasteiger charge is 2.37. The Labute approximate surface area is 214 Å². The molecule has 0 bridgehead atoms. The van der Waals surface area contributed by atoms with Crippen LogP contribution >= 0.6 is 0 Å². The minimum Gasteiger partial charge on any atom is -0.741 e. The molecule has 0 saturated carbocycles. The Balaban J connectivity index is 0.000000368. The van der Waals surface area contributed by atoms with Crippen molar-refractivity contribution in [2.24, 2.45) is 0 Å². The van der Waals surface area contributed by atoms with Gasteiger partial charge in [0.05, 0.1) is 19.3 Å². The predicted molar refractivity (Wildman–Crippen MR) is 123 cm³/mol. The maximum atomic E-state index is 11.6. The topological polar surface area (TPSA) is 134 Å². The molecule has 1 aromatic carbocycles. The number of oxazole rings is 1. The van der Waals surface area contributed by atoms with E-state index in [9.17, 15) is 22.8 Å². The van der Waals surface area contributed by atoms with Crippen LogP contribution in [0.25, 0.3) is 22.8 Å². The second-order valence-electron chi connectivity index (χ2n) is 8.19. The van der Waals surface area contributed by atoms with Gasteiger partial charge in [-0.15, -0.1) is 0 Å². The number of aryl methyl sites for hydroxylation is 1. The SMILES string of the molecule is O=C1C=CC(=O)N1CC[n+]1ccc(-c2cnc(-c3ccc4c(c3)CCCO4)o2)cc1.O=S(=O)([O-])C(F)(F)F. The summed E-state index contributed by atoms with van der Waals surface area (Å²) in [4.78, 5) is 28.9. The van der Waals surface area contributed by atoms with Crippen LogP contribution in [0.1, 0.15) is 12.0 Å². The van der Waals surface area contributed by atoms with E-state index in [4.69, 9.17) is 22.1 Å². The van der Waals surface area contributed by atoms with E-state index in [-0.39, 0.29) is 11.8 Å². The van der Waals surface area contributed by atoms with Gasteiger partial charge in [-0.25, -0.2) is 18.0 Å². The van der Waals surface area contributed by atoms with Gasteiger partial charge < -0.3 is 13.7 Å². The minimum absolute atomic E-state index is 0.264. The summed E-state index contributed by atoms with van der Waals surface area (Å²) < 4.78 is 72.5. The number of amides is 2. The number of ether oxygens (including phenoxy) is 1. The molecular formula is C24H20F3N3O7S. The lowest BCUT2D eigenvalue weighted by molar-refractivity contribution is -0.695. The van der Waals surface area contributed by atoms with Crippen LogP contribution in [0.15, 0.2) is 65.5 Å². The van der Waals surface area contributed by atoms with E-state index in [1.54, 1.807) is 6.20 Å². The van der Waals surface area contributed by atoms with E-state index >= 15 is 0 Å². The molecule has 200 valence electrons. The molecule has 0 aliphatic carbocycles. The number of imide groups is 1. The Bertz CT molecular complexity index is 1460. The zero-order valence-corrected chi connectivity index (χ0v) is 20.4. The van der Waals surface area contributed by atoms with Crippen molar-refractivity contribution in [2.75, 3.05) is 13.2 Å². The summed E-state index contributed by atoms with van der Waals surface area (Å²) in [6.07, 6.45) is 10.1. The fraction of sp³-hybridized carbons (Fsp3) is 0.250. The molecule has 5 rings (SSSR count). The number of carbonyl (C=O) groups excluding carboxylic acids is 2. The Morgan fingerprint density at radius 2 is 1.71 bits per heavy atom. The van der Waals surface area contributed by atoms with Crippen molar-refractivity contribution in [2.45, 2.75) is 24.9 Å². The van der Waals surface area contributed by atoms with Crippen LogP contribution in [0.2, 0.25) is 0 Å². The van der Waals surface area contributed by atoms with Crippen LogP contribution in [0, 0.1) is 0 Å². The first-order valence-electron chi connectivity index (χ1n) is 11.2. The van der Waals surface area contributed by atoms with E-state index in [1.807, 2.05) is 41.2 Å². The number of fused-ring (bicyclic) bond motifs is 1. The third-order valence-electron chi connectivity index (χ3n) is 5.60. The first-order chi connectivity index (χ1) is 17.9. The average molecular weight is 551 g/mol. The fourth-order valence-corrected chi connectivity index (χ4v) is 3.67. The molecule has 0 atom stereocenters. The van der Waals surface area contributed by atoms with E-state index in [0.717, 1.165) is 36.3 Å². The van der Waals surface area contributed by atoms with Gasteiger partial charge in [0, 0.05) is 35.4 Å². The third kappa shape index (κ3) is 6.26. The monoisotopic (exact) mass is 551 g/mol. The Kier molecular flexibility index (Phi) is 7.64. The number of rotatable bonds is 5. The molecule has 0 fully saturated rings.